The van der Waals surface area contributed by atoms with Crippen LogP contribution in [0.15, 0.2) is 29.8 Å². The van der Waals surface area contributed by atoms with Crippen LogP contribution in [-0.2, 0) is 6.54 Å². The lowest BCUT2D eigenvalue weighted by Gasteiger charge is -2.32. The van der Waals surface area contributed by atoms with Crippen molar-refractivity contribution < 1.29 is 0 Å². The van der Waals surface area contributed by atoms with Crippen molar-refractivity contribution in [1.82, 2.24) is 14.5 Å². The first-order chi connectivity index (χ1) is 9.99. The van der Waals surface area contributed by atoms with Gasteiger partial charge in [0.1, 0.15) is 0 Å². The van der Waals surface area contributed by atoms with Gasteiger partial charge in [-0.15, -0.1) is 0 Å². The number of para-hydroxylation sites is 1. The molecule has 0 fully saturated rings. The van der Waals surface area contributed by atoms with Crippen molar-refractivity contribution in [2.24, 2.45) is 0 Å². The topological polar surface area (TPSA) is 24.0 Å². The highest BCUT2D eigenvalue weighted by molar-refractivity contribution is 7.71. The minimum Gasteiger partial charge on any atom is -0.331 e. The normalized spacial score (nSPS) is 22.3. The first-order valence-corrected chi connectivity index (χ1v) is 8.00. The molecule has 3 nitrogen and oxygen atoms in total. The highest BCUT2D eigenvalue weighted by Crippen LogP contribution is 2.33. The quantitative estimate of drug-likeness (QED) is 0.655. The Balaban J connectivity index is 2.13. The van der Waals surface area contributed by atoms with E-state index in [2.05, 4.69) is 66.4 Å². The van der Waals surface area contributed by atoms with Crippen molar-refractivity contribution in [3.8, 4) is 0 Å². The molecule has 0 radical (unpaired) electrons. The molecule has 1 aromatic heterocycles. The predicted molar refractivity (Wildman–Crippen MR) is 91.1 cm³/mol. The summed E-state index contributed by atoms with van der Waals surface area (Å²) in [5, 5.41) is 0. The second-order valence-electron chi connectivity index (χ2n) is 6.29. The van der Waals surface area contributed by atoms with Crippen molar-refractivity contribution >= 4 is 23.3 Å². The number of aromatic amines is 1. The van der Waals surface area contributed by atoms with E-state index in [1.165, 1.54) is 16.7 Å². The van der Waals surface area contributed by atoms with Crippen LogP contribution in [0.1, 0.15) is 39.3 Å². The van der Waals surface area contributed by atoms with Gasteiger partial charge in [0.05, 0.1) is 11.0 Å². The van der Waals surface area contributed by atoms with Gasteiger partial charge >= 0.3 is 0 Å². The molecule has 0 unspecified atom stereocenters. The van der Waals surface area contributed by atoms with Gasteiger partial charge in [-0.1, -0.05) is 23.8 Å². The standard InChI is InChI=1S/C17H23N3S/c1-11(2)8-9-19-12(3)10-20-16-14(13(19)4)6-5-7-15(16)18-17(20)21/h5-8,12-13H,9-10H2,1-4H3,(H,18,21)/t12-,13+/m1/s1. The molecule has 2 heterocycles. The van der Waals surface area contributed by atoms with Gasteiger partial charge in [-0.3, -0.25) is 4.90 Å². The van der Waals surface area contributed by atoms with Crippen molar-refractivity contribution in [3.63, 3.8) is 0 Å². The summed E-state index contributed by atoms with van der Waals surface area (Å²) < 4.78 is 3.10. The van der Waals surface area contributed by atoms with E-state index in [1.807, 2.05) is 0 Å². The Kier molecular flexibility index (Phi) is 3.76. The van der Waals surface area contributed by atoms with Gasteiger partial charge in [0, 0.05) is 25.2 Å². The second-order valence-corrected chi connectivity index (χ2v) is 6.67. The molecule has 3 rings (SSSR count). The molecule has 2 aromatic rings. The summed E-state index contributed by atoms with van der Waals surface area (Å²) in [6.07, 6.45) is 2.31. The maximum atomic E-state index is 5.52. The molecule has 0 bridgehead atoms. The lowest BCUT2D eigenvalue weighted by Crippen LogP contribution is -2.36. The average molecular weight is 301 g/mol. The monoisotopic (exact) mass is 301 g/mol. The van der Waals surface area contributed by atoms with Gasteiger partial charge < -0.3 is 9.55 Å². The molecule has 0 amide bonds. The number of imidazole rings is 1. The molecule has 2 atom stereocenters. The largest absolute Gasteiger partial charge is 0.331 e. The maximum Gasteiger partial charge on any atom is 0.178 e. The SMILES string of the molecule is CC(C)=CCN1[C@H](C)Cn2c(=S)[nH]c3cccc(c32)[C@@H]1C. The minimum atomic E-state index is 0.387. The molecule has 1 aliphatic rings. The summed E-state index contributed by atoms with van der Waals surface area (Å²) in [4.78, 5) is 5.90. The summed E-state index contributed by atoms with van der Waals surface area (Å²) in [5.41, 5.74) is 5.17. The lowest BCUT2D eigenvalue weighted by molar-refractivity contribution is 0.165. The summed E-state index contributed by atoms with van der Waals surface area (Å²) in [6.45, 7) is 10.8. The Morgan fingerprint density at radius 1 is 1.38 bits per heavy atom. The number of nitrogens with one attached hydrogen (secondary N) is 1. The first kappa shape index (κ1) is 14.5. The summed E-state index contributed by atoms with van der Waals surface area (Å²) in [5.74, 6) is 0. The lowest BCUT2D eigenvalue weighted by atomic mass is 10.0. The number of H-pyrrole nitrogens is 1. The summed E-state index contributed by atoms with van der Waals surface area (Å²) >= 11 is 5.52. The van der Waals surface area contributed by atoms with E-state index in [0.29, 0.717) is 12.1 Å². The fourth-order valence-corrected chi connectivity index (χ4v) is 3.59. The highest BCUT2D eigenvalue weighted by Gasteiger charge is 2.27. The van der Waals surface area contributed by atoms with Crippen LogP contribution in [0.5, 0.6) is 0 Å². The molecule has 0 saturated carbocycles. The van der Waals surface area contributed by atoms with Crippen LogP contribution in [-0.4, -0.2) is 27.0 Å². The van der Waals surface area contributed by atoms with E-state index in [-0.39, 0.29) is 0 Å². The molecular weight excluding hydrogens is 278 g/mol. The molecule has 112 valence electrons. The van der Waals surface area contributed by atoms with Crippen molar-refractivity contribution in [1.29, 1.82) is 0 Å². The molecular formula is C17H23N3S. The number of hydrogen-bond acceptors (Lipinski definition) is 2. The van der Waals surface area contributed by atoms with Gasteiger partial charge in [-0.05, 0) is 51.5 Å². The molecule has 0 saturated heterocycles. The molecule has 21 heavy (non-hydrogen) atoms. The molecule has 1 aliphatic heterocycles. The number of nitrogens with zero attached hydrogens (tertiary/aromatic N) is 2. The Morgan fingerprint density at radius 3 is 2.86 bits per heavy atom. The van der Waals surface area contributed by atoms with Crippen LogP contribution < -0.4 is 0 Å². The minimum absolute atomic E-state index is 0.387. The zero-order valence-corrected chi connectivity index (χ0v) is 14.0. The molecule has 0 spiro atoms. The van der Waals surface area contributed by atoms with Crippen LogP contribution in [0.3, 0.4) is 0 Å². The zero-order valence-electron chi connectivity index (χ0n) is 13.2. The zero-order chi connectivity index (χ0) is 15.1. The van der Waals surface area contributed by atoms with Crippen LogP contribution in [0.2, 0.25) is 0 Å². The molecule has 0 aliphatic carbocycles. The maximum absolute atomic E-state index is 5.52. The molecule has 1 N–H and O–H groups in total. The Labute approximate surface area is 131 Å². The predicted octanol–water partition coefficient (Wildman–Crippen LogP) is 4.43. The number of benzene rings is 1. The van der Waals surface area contributed by atoms with E-state index in [1.54, 1.807) is 0 Å². The van der Waals surface area contributed by atoms with E-state index in [4.69, 9.17) is 12.2 Å². The Bertz CT molecular complexity index is 749. The fourth-order valence-electron chi connectivity index (χ4n) is 3.31. The second kappa shape index (κ2) is 5.43. The number of aromatic nitrogens is 2. The fraction of sp³-hybridized carbons (Fsp3) is 0.471. The van der Waals surface area contributed by atoms with E-state index in [9.17, 15) is 0 Å². The van der Waals surface area contributed by atoms with Gasteiger partial charge in [0.25, 0.3) is 0 Å². The van der Waals surface area contributed by atoms with E-state index in [0.717, 1.165) is 23.4 Å². The number of allylic oxidation sites excluding steroid dienone is 1. The van der Waals surface area contributed by atoms with Gasteiger partial charge in [0.2, 0.25) is 0 Å². The third-order valence-corrected chi connectivity index (χ3v) is 4.82. The molecule has 4 heteroatoms. The number of hydrogen-bond donors (Lipinski definition) is 1. The summed E-state index contributed by atoms with van der Waals surface area (Å²) in [7, 11) is 0. The van der Waals surface area contributed by atoms with E-state index < -0.39 is 0 Å². The van der Waals surface area contributed by atoms with Crippen molar-refractivity contribution in [2.45, 2.75) is 46.3 Å². The van der Waals surface area contributed by atoms with Crippen LogP contribution >= 0.6 is 12.2 Å². The van der Waals surface area contributed by atoms with Crippen molar-refractivity contribution in [2.75, 3.05) is 6.54 Å². The van der Waals surface area contributed by atoms with Crippen LogP contribution in [0, 0.1) is 4.77 Å². The van der Waals surface area contributed by atoms with Gasteiger partial charge in [-0.25, -0.2) is 0 Å². The smallest absolute Gasteiger partial charge is 0.178 e. The Hall–Kier alpha value is -1.39. The first-order valence-electron chi connectivity index (χ1n) is 7.59. The van der Waals surface area contributed by atoms with Crippen molar-refractivity contribution in [3.05, 3.63) is 40.2 Å². The van der Waals surface area contributed by atoms with Gasteiger partial charge in [-0.2, -0.15) is 0 Å². The summed E-state index contributed by atoms with van der Waals surface area (Å²) in [6, 6.07) is 7.32. The van der Waals surface area contributed by atoms with Crippen LogP contribution in [0.4, 0.5) is 0 Å². The number of rotatable bonds is 2. The molecule has 1 aromatic carbocycles. The van der Waals surface area contributed by atoms with Gasteiger partial charge in [0.15, 0.2) is 4.77 Å². The third-order valence-electron chi connectivity index (χ3n) is 4.49. The Morgan fingerprint density at radius 2 is 2.14 bits per heavy atom. The van der Waals surface area contributed by atoms with Crippen LogP contribution in [0.25, 0.3) is 11.0 Å². The third kappa shape index (κ3) is 2.47. The van der Waals surface area contributed by atoms with E-state index >= 15 is 0 Å². The average Bonchev–Trinajstić information content (AvgIpc) is 2.68. The highest BCUT2D eigenvalue weighted by atomic mass is 32.1.